The lowest BCUT2D eigenvalue weighted by Gasteiger charge is -2.14. The Morgan fingerprint density at radius 2 is 1.94 bits per heavy atom. The first-order valence-electron chi connectivity index (χ1n) is 9.49. The van der Waals surface area contributed by atoms with Crippen LogP contribution in [0.1, 0.15) is 0 Å². The number of benzene rings is 2. The number of ether oxygens (including phenoxy) is 1. The molecule has 0 saturated heterocycles. The largest absolute Gasteiger partial charge is 0.480 e. The maximum absolute atomic E-state index is 11.2. The molecule has 0 atom stereocenters. The number of rotatable bonds is 8. The fourth-order valence-corrected chi connectivity index (χ4v) is 3.36. The first-order chi connectivity index (χ1) is 15.4. The number of carboxylic acids is 1. The van der Waals surface area contributed by atoms with Crippen LogP contribution in [-0.2, 0) is 16.6 Å². The standard InChI is InChI=1S/C22H18BrN5O4/c1-27-19-7-6-16(10-18(19)26-22(27)25-15-4-2-14(23)3-5-15)32-17-8-9-24-20(11-17)28(13-29)12-21(30)31/h2-11,13H,12H2,1H3,(H,25,26)(H,30,31). The summed E-state index contributed by atoms with van der Waals surface area (Å²) in [6.07, 6.45) is 1.86. The third kappa shape index (κ3) is 4.70. The highest BCUT2D eigenvalue weighted by molar-refractivity contribution is 9.10. The molecule has 2 heterocycles. The molecule has 0 radical (unpaired) electrons. The molecule has 0 bridgehead atoms. The minimum atomic E-state index is -1.14. The van der Waals surface area contributed by atoms with Gasteiger partial charge in [0.1, 0.15) is 23.9 Å². The second-order valence-electron chi connectivity index (χ2n) is 6.86. The van der Waals surface area contributed by atoms with Crippen LogP contribution in [0.15, 0.2) is 65.3 Å². The first-order valence-corrected chi connectivity index (χ1v) is 10.3. The van der Waals surface area contributed by atoms with Gasteiger partial charge in [-0.05, 0) is 42.5 Å². The number of aromatic nitrogens is 3. The number of carbonyl (C=O) groups excluding carboxylic acids is 1. The fourth-order valence-electron chi connectivity index (χ4n) is 3.09. The Kier molecular flexibility index (Phi) is 6.04. The van der Waals surface area contributed by atoms with Gasteiger partial charge in [-0.15, -0.1) is 0 Å². The van der Waals surface area contributed by atoms with Gasteiger partial charge in [0.05, 0.1) is 11.0 Å². The quantitative estimate of drug-likeness (QED) is 0.350. The van der Waals surface area contributed by atoms with Crippen molar-refractivity contribution in [1.29, 1.82) is 0 Å². The molecule has 0 unspecified atom stereocenters. The molecule has 32 heavy (non-hydrogen) atoms. The number of amides is 1. The number of fused-ring (bicyclic) bond motifs is 1. The Morgan fingerprint density at radius 3 is 2.66 bits per heavy atom. The Labute approximate surface area is 191 Å². The van der Waals surface area contributed by atoms with Gasteiger partial charge in [-0.2, -0.15) is 0 Å². The van der Waals surface area contributed by atoms with Crippen LogP contribution in [0.4, 0.5) is 17.5 Å². The van der Waals surface area contributed by atoms with Crippen LogP contribution in [0.2, 0.25) is 0 Å². The lowest BCUT2D eigenvalue weighted by Crippen LogP contribution is -2.28. The van der Waals surface area contributed by atoms with Gasteiger partial charge in [-0.1, -0.05) is 15.9 Å². The second kappa shape index (κ2) is 9.06. The van der Waals surface area contributed by atoms with Crippen LogP contribution in [0, 0.1) is 0 Å². The van der Waals surface area contributed by atoms with Crippen molar-refractivity contribution in [2.45, 2.75) is 0 Å². The van der Waals surface area contributed by atoms with Crippen molar-refractivity contribution < 1.29 is 19.4 Å². The molecule has 9 nitrogen and oxygen atoms in total. The number of imidazole rings is 1. The van der Waals surface area contributed by atoms with E-state index in [0.29, 0.717) is 23.9 Å². The van der Waals surface area contributed by atoms with Gasteiger partial charge in [0.15, 0.2) is 0 Å². The average molecular weight is 496 g/mol. The van der Waals surface area contributed by atoms with Gasteiger partial charge >= 0.3 is 5.97 Å². The van der Waals surface area contributed by atoms with E-state index >= 15 is 0 Å². The maximum Gasteiger partial charge on any atom is 0.323 e. The van der Waals surface area contributed by atoms with Crippen molar-refractivity contribution in [2.75, 3.05) is 16.8 Å². The number of anilines is 3. The number of aliphatic carboxylic acids is 1. The molecule has 2 N–H and O–H groups in total. The average Bonchev–Trinajstić information content (AvgIpc) is 3.08. The highest BCUT2D eigenvalue weighted by Crippen LogP contribution is 2.29. The van der Waals surface area contributed by atoms with Crippen LogP contribution in [0.3, 0.4) is 0 Å². The van der Waals surface area contributed by atoms with Gasteiger partial charge < -0.3 is 19.7 Å². The number of halogens is 1. The van der Waals surface area contributed by atoms with Gasteiger partial charge in [-0.3, -0.25) is 14.5 Å². The number of aryl methyl sites for hydroxylation is 1. The number of pyridine rings is 1. The highest BCUT2D eigenvalue weighted by atomic mass is 79.9. The van der Waals surface area contributed by atoms with E-state index in [1.807, 2.05) is 48.0 Å². The Bertz CT molecular complexity index is 1290. The van der Waals surface area contributed by atoms with E-state index in [0.717, 1.165) is 26.1 Å². The molecule has 4 rings (SSSR count). The summed E-state index contributed by atoms with van der Waals surface area (Å²) in [6, 6.07) is 16.4. The predicted molar refractivity (Wildman–Crippen MR) is 123 cm³/mol. The number of carboxylic acid groups (broad SMARTS) is 1. The molecule has 2 aromatic carbocycles. The first kappa shape index (κ1) is 21.3. The minimum Gasteiger partial charge on any atom is -0.480 e. The third-order valence-electron chi connectivity index (χ3n) is 4.63. The zero-order chi connectivity index (χ0) is 22.7. The summed E-state index contributed by atoms with van der Waals surface area (Å²) in [5.74, 6) is 0.675. The van der Waals surface area contributed by atoms with Gasteiger partial charge in [0.2, 0.25) is 12.4 Å². The van der Waals surface area contributed by atoms with Crippen LogP contribution < -0.4 is 15.0 Å². The van der Waals surface area contributed by atoms with Crippen molar-refractivity contribution in [3.63, 3.8) is 0 Å². The van der Waals surface area contributed by atoms with Gasteiger partial charge in [0, 0.05) is 35.5 Å². The fraction of sp³-hybridized carbons (Fsp3) is 0.0909. The van der Waals surface area contributed by atoms with E-state index in [9.17, 15) is 9.59 Å². The molecule has 2 aromatic heterocycles. The highest BCUT2D eigenvalue weighted by Gasteiger charge is 2.13. The predicted octanol–water partition coefficient (Wildman–Crippen LogP) is 4.31. The number of carbonyl (C=O) groups is 2. The number of hydrogen-bond donors (Lipinski definition) is 2. The normalized spacial score (nSPS) is 10.7. The zero-order valence-electron chi connectivity index (χ0n) is 16.9. The summed E-state index contributed by atoms with van der Waals surface area (Å²) in [6.45, 7) is -0.492. The second-order valence-corrected chi connectivity index (χ2v) is 7.77. The van der Waals surface area contributed by atoms with Gasteiger partial charge in [-0.25, -0.2) is 9.97 Å². The molecule has 0 spiro atoms. The molecule has 0 aliphatic rings. The Hall–Kier alpha value is -3.92. The smallest absolute Gasteiger partial charge is 0.323 e. The molecule has 0 aliphatic heterocycles. The topological polar surface area (TPSA) is 110 Å². The van der Waals surface area contributed by atoms with Crippen LogP contribution in [-0.4, -0.2) is 38.6 Å². The Balaban J connectivity index is 1.57. The monoisotopic (exact) mass is 495 g/mol. The van der Waals surface area contributed by atoms with Crippen LogP contribution in [0.25, 0.3) is 11.0 Å². The van der Waals surface area contributed by atoms with E-state index in [2.05, 4.69) is 31.2 Å². The lowest BCUT2D eigenvalue weighted by atomic mass is 10.3. The molecule has 0 fully saturated rings. The van der Waals surface area contributed by atoms with E-state index in [4.69, 9.17) is 9.84 Å². The van der Waals surface area contributed by atoms with Crippen molar-refractivity contribution in [2.24, 2.45) is 7.05 Å². The summed E-state index contributed by atoms with van der Waals surface area (Å²) >= 11 is 3.42. The number of nitrogens with zero attached hydrogens (tertiary/aromatic N) is 4. The van der Waals surface area contributed by atoms with E-state index in [-0.39, 0.29) is 5.82 Å². The van der Waals surface area contributed by atoms with E-state index in [1.54, 1.807) is 12.1 Å². The molecule has 1 amide bonds. The molecular weight excluding hydrogens is 478 g/mol. The molecule has 162 valence electrons. The number of hydrogen-bond acceptors (Lipinski definition) is 6. The SMILES string of the molecule is Cn1c(Nc2ccc(Br)cc2)nc2cc(Oc3ccnc(N(C=O)CC(=O)O)c3)ccc21. The molecular formula is C22H18BrN5O4. The minimum absolute atomic E-state index is 0.180. The maximum atomic E-state index is 11.2. The van der Waals surface area contributed by atoms with Crippen molar-refractivity contribution in [3.05, 3.63) is 65.3 Å². The van der Waals surface area contributed by atoms with Crippen LogP contribution in [0.5, 0.6) is 11.5 Å². The summed E-state index contributed by atoms with van der Waals surface area (Å²) in [5, 5.41) is 12.2. The van der Waals surface area contributed by atoms with Crippen molar-refractivity contribution >= 4 is 56.8 Å². The van der Waals surface area contributed by atoms with Crippen molar-refractivity contribution in [1.82, 2.24) is 14.5 Å². The molecule has 0 aliphatic carbocycles. The zero-order valence-corrected chi connectivity index (χ0v) is 18.5. The number of nitrogens with one attached hydrogen (secondary N) is 1. The summed E-state index contributed by atoms with van der Waals surface area (Å²) in [5.41, 5.74) is 2.56. The summed E-state index contributed by atoms with van der Waals surface area (Å²) in [4.78, 5) is 31.8. The Morgan fingerprint density at radius 1 is 1.19 bits per heavy atom. The van der Waals surface area contributed by atoms with Crippen molar-refractivity contribution in [3.8, 4) is 11.5 Å². The van der Waals surface area contributed by atoms with Gasteiger partial charge in [0.25, 0.3) is 0 Å². The van der Waals surface area contributed by atoms with Crippen LogP contribution >= 0.6 is 15.9 Å². The lowest BCUT2D eigenvalue weighted by molar-refractivity contribution is -0.136. The molecule has 0 saturated carbocycles. The van der Waals surface area contributed by atoms with E-state index < -0.39 is 12.5 Å². The third-order valence-corrected chi connectivity index (χ3v) is 5.16. The van der Waals surface area contributed by atoms with E-state index in [1.165, 1.54) is 12.3 Å². The molecule has 10 heteroatoms. The summed E-state index contributed by atoms with van der Waals surface area (Å²) < 4.78 is 8.84. The summed E-state index contributed by atoms with van der Waals surface area (Å²) in [7, 11) is 1.92. The molecule has 4 aromatic rings.